The number of nitro benzene ring substituents is 1. The Morgan fingerprint density at radius 3 is 2.67 bits per heavy atom. The molecule has 2 aromatic rings. The van der Waals surface area contributed by atoms with Crippen LogP contribution < -0.4 is 10.2 Å². The predicted octanol–water partition coefficient (Wildman–Crippen LogP) is 3.85. The monoisotopic (exact) mass is 481 g/mol. The van der Waals surface area contributed by atoms with E-state index < -0.39 is 4.92 Å². The molecule has 0 saturated carbocycles. The second-order valence-corrected chi connectivity index (χ2v) is 7.41. The molecule has 1 fully saturated rings. The summed E-state index contributed by atoms with van der Waals surface area (Å²) in [6.45, 7) is 4.43. The van der Waals surface area contributed by atoms with Crippen molar-refractivity contribution in [3.63, 3.8) is 0 Å². The van der Waals surface area contributed by atoms with E-state index in [1.54, 1.807) is 6.07 Å². The number of rotatable bonds is 5. The van der Waals surface area contributed by atoms with E-state index in [2.05, 4.69) is 27.9 Å². The van der Waals surface area contributed by atoms with Crippen molar-refractivity contribution in [2.24, 2.45) is 0 Å². The van der Waals surface area contributed by atoms with Gasteiger partial charge in [0, 0.05) is 34.5 Å². The number of hydrogen-bond acceptors (Lipinski definition) is 5. The zero-order valence-electron chi connectivity index (χ0n) is 14.9. The Hall–Kier alpha value is -2.20. The van der Waals surface area contributed by atoms with Crippen molar-refractivity contribution >= 4 is 45.6 Å². The SMILES string of the molecule is CCc1cc(I)ccc1NC(=O)c1cc([N+](=O)[O-])ccc1N1CCOCC1. The second-order valence-electron chi connectivity index (χ2n) is 6.17. The third-order valence-electron chi connectivity index (χ3n) is 4.48. The van der Waals surface area contributed by atoms with Gasteiger partial charge in [-0.1, -0.05) is 6.92 Å². The number of benzene rings is 2. The van der Waals surface area contributed by atoms with Crippen LogP contribution in [0.5, 0.6) is 0 Å². The highest BCUT2D eigenvalue weighted by atomic mass is 127. The van der Waals surface area contributed by atoms with E-state index in [0.29, 0.717) is 37.6 Å². The van der Waals surface area contributed by atoms with Crippen LogP contribution in [0.15, 0.2) is 36.4 Å². The lowest BCUT2D eigenvalue weighted by Crippen LogP contribution is -2.37. The average molecular weight is 481 g/mol. The topological polar surface area (TPSA) is 84.7 Å². The minimum Gasteiger partial charge on any atom is -0.378 e. The fraction of sp³-hybridized carbons (Fsp3) is 0.316. The summed E-state index contributed by atoms with van der Waals surface area (Å²) in [5.41, 5.74) is 2.63. The zero-order valence-corrected chi connectivity index (χ0v) is 17.1. The number of nitrogens with zero attached hydrogens (tertiary/aromatic N) is 2. The van der Waals surface area contributed by atoms with Gasteiger partial charge in [-0.15, -0.1) is 0 Å². The van der Waals surface area contributed by atoms with Gasteiger partial charge in [-0.3, -0.25) is 14.9 Å². The molecule has 8 heteroatoms. The summed E-state index contributed by atoms with van der Waals surface area (Å²) < 4.78 is 6.46. The molecule has 1 aliphatic heterocycles. The molecule has 0 radical (unpaired) electrons. The van der Waals surface area contributed by atoms with E-state index in [4.69, 9.17) is 4.74 Å². The maximum Gasteiger partial charge on any atom is 0.270 e. The number of non-ortho nitro benzene ring substituents is 1. The molecule has 2 aromatic carbocycles. The minimum atomic E-state index is -0.484. The van der Waals surface area contributed by atoms with Gasteiger partial charge in [0.15, 0.2) is 0 Å². The van der Waals surface area contributed by atoms with Crippen molar-refractivity contribution in [2.75, 3.05) is 36.5 Å². The summed E-state index contributed by atoms with van der Waals surface area (Å²) in [4.78, 5) is 25.8. The van der Waals surface area contributed by atoms with Crippen LogP contribution >= 0.6 is 22.6 Å². The molecule has 27 heavy (non-hydrogen) atoms. The first-order valence-electron chi connectivity index (χ1n) is 8.70. The molecular formula is C19H20IN3O4. The number of aryl methyl sites for hydroxylation is 1. The third kappa shape index (κ3) is 4.56. The molecule has 1 N–H and O–H groups in total. The lowest BCUT2D eigenvalue weighted by molar-refractivity contribution is -0.384. The van der Waals surface area contributed by atoms with Crippen LogP contribution in [0.3, 0.4) is 0 Å². The van der Waals surface area contributed by atoms with Crippen molar-refractivity contribution < 1.29 is 14.5 Å². The number of carbonyl (C=O) groups excluding carboxylic acids is 1. The number of carbonyl (C=O) groups is 1. The van der Waals surface area contributed by atoms with Gasteiger partial charge >= 0.3 is 0 Å². The summed E-state index contributed by atoms with van der Waals surface area (Å²) in [6.07, 6.45) is 0.776. The largest absolute Gasteiger partial charge is 0.378 e. The molecule has 0 aromatic heterocycles. The lowest BCUT2D eigenvalue weighted by atomic mass is 10.1. The number of morpholine rings is 1. The smallest absolute Gasteiger partial charge is 0.270 e. The Kier molecular flexibility index (Phi) is 6.27. The number of hydrogen-bond donors (Lipinski definition) is 1. The molecule has 142 valence electrons. The van der Waals surface area contributed by atoms with Crippen molar-refractivity contribution in [1.82, 2.24) is 0 Å². The van der Waals surface area contributed by atoms with Gasteiger partial charge in [0.05, 0.1) is 29.4 Å². The normalized spacial score (nSPS) is 14.1. The number of halogens is 1. The fourth-order valence-electron chi connectivity index (χ4n) is 3.07. The number of anilines is 2. The Balaban J connectivity index is 1.96. The fourth-order valence-corrected chi connectivity index (χ4v) is 3.62. The molecule has 0 atom stereocenters. The first kappa shape index (κ1) is 19.6. The average Bonchev–Trinajstić information content (AvgIpc) is 2.69. The highest BCUT2D eigenvalue weighted by Crippen LogP contribution is 2.28. The number of nitrogens with one attached hydrogen (secondary N) is 1. The third-order valence-corrected chi connectivity index (χ3v) is 5.15. The summed E-state index contributed by atoms with van der Waals surface area (Å²) in [5.74, 6) is -0.351. The van der Waals surface area contributed by atoms with Gasteiger partial charge in [-0.05, 0) is 58.8 Å². The van der Waals surface area contributed by atoms with Crippen LogP contribution in [0.1, 0.15) is 22.8 Å². The molecule has 1 saturated heterocycles. The quantitative estimate of drug-likeness (QED) is 0.399. The highest BCUT2D eigenvalue weighted by molar-refractivity contribution is 14.1. The Morgan fingerprint density at radius 2 is 2.00 bits per heavy atom. The number of ether oxygens (including phenoxy) is 1. The van der Waals surface area contributed by atoms with Crippen LogP contribution in [0, 0.1) is 13.7 Å². The summed E-state index contributed by atoms with van der Waals surface area (Å²) >= 11 is 2.23. The van der Waals surface area contributed by atoms with Crippen LogP contribution in [-0.4, -0.2) is 37.1 Å². The molecular weight excluding hydrogens is 461 g/mol. The number of nitro groups is 1. The van der Waals surface area contributed by atoms with Crippen LogP contribution in [0.4, 0.5) is 17.1 Å². The van der Waals surface area contributed by atoms with Crippen LogP contribution in [0.25, 0.3) is 0 Å². The lowest BCUT2D eigenvalue weighted by Gasteiger charge is -2.30. The molecule has 3 rings (SSSR count). The molecule has 1 heterocycles. The van der Waals surface area contributed by atoms with Gasteiger partial charge in [0.25, 0.3) is 11.6 Å². The maximum absolute atomic E-state index is 13.0. The van der Waals surface area contributed by atoms with Gasteiger partial charge in [-0.25, -0.2) is 0 Å². The van der Waals surface area contributed by atoms with Crippen molar-refractivity contribution in [3.05, 3.63) is 61.2 Å². The Morgan fingerprint density at radius 1 is 1.26 bits per heavy atom. The summed E-state index contributed by atoms with van der Waals surface area (Å²) in [6, 6.07) is 10.2. The second kappa shape index (κ2) is 8.66. The van der Waals surface area contributed by atoms with Gasteiger partial charge in [0.1, 0.15) is 0 Å². The predicted molar refractivity (Wildman–Crippen MR) is 113 cm³/mol. The molecule has 7 nitrogen and oxygen atoms in total. The summed E-state index contributed by atoms with van der Waals surface area (Å²) in [7, 11) is 0. The van der Waals surface area contributed by atoms with E-state index >= 15 is 0 Å². The van der Waals surface area contributed by atoms with E-state index in [0.717, 1.165) is 21.2 Å². The van der Waals surface area contributed by atoms with Crippen molar-refractivity contribution in [2.45, 2.75) is 13.3 Å². The number of amides is 1. The van der Waals surface area contributed by atoms with Gasteiger partial charge in [0.2, 0.25) is 0 Å². The van der Waals surface area contributed by atoms with Crippen LogP contribution in [0.2, 0.25) is 0 Å². The van der Waals surface area contributed by atoms with Gasteiger partial charge < -0.3 is 15.0 Å². The Bertz CT molecular complexity index is 866. The van der Waals surface area contributed by atoms with Crippen molar-refractivity contribution in [1.29, 1.82) is 0 Å². The van der Waals surface area contributed by atoms with Crippen molar-refractivity contribution in [3.8, 4) is 0 Å². The first-order chi connectivity index (χ1) is 13.0. The van der Waals surface area contributed by atoms with E-state index in [1.807, 2.05) is 30.0 Å². The molecule has 0 spiro atoms. The zero-order chi connectivity index (χ0) is 19.4. The molecule has 1 amide bonds. The van der Waals surface area contributed by atoms with E-state index in [9.17, 15) is 14.9 Å². The maximum atomic E-state index is 13.0. The van der Waals surface area contributed by atoms with E-state index in [1.165, 1.54) is 12.1 Å². The Labute approximate surface area is 171 Å². The van der Waals surface area contributed by atoms with Gasteiger partial charge in [-0.2, -0.15) is 0 Å². The van der Waals surface area contributed by atoms with E-state index in [-0.39, 0.29) is 11.6 Å². The molecule has 1 aliphatic rings. The van der Waals surface area contributed by atoms with Crippen LogP contribution in [-0.2, 0) is 11.2 Å². The highest BCUT2D eigenvalue weighted by Gasteiger charge is 2.22. The minimum absolute atomic E-state index is 0.101. The standard InChI is InChI=1S/C19H20IN3O4/c1-2-13-11-14(20)3-5-17(13)21-19(24)16-12-15(23(25)26)4-6-18(16)22-7-9-27-10-8-22/h3-6,11-12H,2,7-10H2,1H3,(H,21,24). The molecule has 0 unspecified atom stereocenters. The molecule has 0 aliphatic carbocycles. The molecule has 0 bridgehead atoms. The summed E-state index contributed by atoms with van der Waals surface area (Å²) in [5, 5.41) is 14.1. The first-order valence-corrected chi connectivity index (χ1v) is 9.78.